The van der Waals surface area contributed by atoms with Gasteiger partial charge in [-0.3, -0.25) is 9.59 Å². The second-order valence-electron chi connectivity index (χ2n) is 6.84. The van der Waals surface area contributed by atoms with E-state index in [1.807, 2.05) is 35.2 Å². The normalized spacial score (nSPS) is 16.4. The number of amides is 2. The third kappa shape index (κ3) is 3.60. The number of carbonyl (C=O) groups excluding carboxylic acids is 2. The minimum absolute atomic E-state index is 0.0489. The molecule has 1 N–H and O–H groups in total. The predicted octanol–water partition coefficient (Wildman–Crippen LogP) is 3.54. The molecule has 1 saturated carbocycles. The summed E-state index contributed by atoms with van der Waals surface area (Å²) in [5, 5.41) is 2.94. The molecule has 0 spiro atoms. The summed E-state index contributed by atoms with van der Waals surface area (Å²) in [5.74, 6) is 1.20. The van der Waals surface area contributed by atoms with Crippen LogP contribution in [0.5, 0.6) is 0 Å². The monoisotopic (exact) mass is 338 g/mol. The van der Waals surface area contributed by atoms with Crippen molar-refractivity contribution in [1.29, 1.82) is 0 Å². The number of nitrogens with one attached hydrogen (secondary N) is 1. The van der Waals surface area contributed by atoms with E-state index in [9.17, 15) is 9.59 Å². The van der Waals surface area contributed by atoms with Gasteiger partial charge in [0.2, 0.25) is 11.8 Å². The molecule has 1 aromatic carbocycles. The smallest absolute Gasteiger partial charge is 0.230 e. The van der Waals surface area contributed by atoms with Gasteiger partial charge in [-0.05, 0) is 55.5 Å². The Labute approximate surface area is 147 Å². The Morgan fingerprint density at radius 3 is 2.88 bits per heavy atom. The van der Waals surface area contributed by atoms with Gasteiger partial charge < -0.3 is 14.6 Å². The molecular formula is C20H22N2O3. The van der Waals surface area contributed by atoms with Crippen LogP contribution in [0.2, 0.25) is 0 Å². The molecule has 2 aliphatic rings. The SMILES string of the molecule is O=C(CCc1ccco1)Nc1ccc2c(c1)N(C(=O)C1CC1)CCC2. The molecule has 0 bridgehead atoms. The average molecular weight is 338 g/mol. The van der Waals surface area contributed by atoms with Gasteiger partial charge in [0.05, 0.1) is 6.26 Å². The first kappa shape index (κ1) is 15.9. The molecule has 2 aromatic rings. The van der Waals surface area contributed by atoms with Crippen LogP contribution in [0.4, 0.5) is 11.4 Å². The Morgan fingerprint density at radius 1 is 1.24 bits per heavy atom. The van der Waals surface area contributed by atoms with Crippen molar-refractivity contribution in [2.75, 3.05) is 16.8 Å². The lowest BCUT2D eigenvalue weighted by Crippen LogP contribution is -2.36. The van der Waals surface area contributed by atoms with Gasteiger partial charge in [0.25, 0.3) is 0 Å². The molecule has 4 rings (SSSR count). The van der Waals surface area contributed by atoms with E-state index in [1.54, 1.807) is 6.26 Å². The summed E-state index contributed by atoms with van der Waals surface area (Å²) >= 11 is 0. The maximum atomic E-state index is 12.5. The highest BCUT2D eigenvalue weighted by Gasteiger charge is 2.35. The number of hydrogen-bond acceptors (Lipinski definition) is 3. The number of fused-ring (bicyclic) bond motifs is 1. The molecule has 0 saturated heterocycles. The van der Waals surface area contributed by atoms with Crippen molar-refractivity contribution in [2.24, 2.45) is 5.92 Å². The number of rotatable bonds is 5. The van der Waals surface area contributed by atoms with E-state index in [4.69, 9.17) is 4.42 Å². The molecule has 25 heavy (non-hydrogen) atoms. The molecule has 0 atom stereocenters. The molecule has 1 aliphatic heterocycles. The first-order chi connectivity index (χ1) is 12.2. The lowest BCUT2D eigenvalue weighted by molar-refractivity contribution is -0.120. The van der Waals surface area contributed by atoms with Crippen LogP contribution in [-0.2, 0) is 22.4 Å². The summed E-state index contributed by atoms with van der Waals surface area (Å²) in [6.07, 6.45) is 6.56. The van der Waals surface area contributed by atoms with Gasteiger partial charge in [-0.25, -0.2) is 0 Å². The number of benzene rings is 1. The highest BCUT2D eigenvalue weighted by Crippen LogP contribution is 2.36. The summed E-state index contributed by atoms with van der Waals surface area (Å²) in [6, 6.07) is 9.59. The van der Waals surface area contributed by atoms with Crippen LogP contribution in [-0.4, -0.2) is 18.4 Å². The molecule has 5 nitrogen and oxygen atoms in total. The molecule has 0 radical (unpaired) electrons. The lowest BCUT2D eigenvalue weighted by atomic mass is 10.0. The van der Waals surface area contributed by atoms with Crippen molar-refractivity contribution in [3.05, 3.63) is 47.9 Å². The third-order valence-electron chi connectivity index (χ3n) is 4.86. The van der Waals surface area contributed by atoms with E-state index in [-0.39, 0.29) is 17.7 Å². The van der Waals surface area contributed by atoms with Crippen molar-refractivity contribution in [2.45, 2.75) is 38.5 Å². The van der Waals surface area contributed by atoms with Crippen LogP contribution in [0.3, 0.4) is 0 Å². The van der Waals surface area contributed by atoms with Crippen LogP contribution in [0.15, 0.2) is 41.0 Å². The van der Waals surface area contributed by atoms with E-state index < -0.39 is 0 Å². The first-order valence-electron chi connectivity index (χ1n) is 8.97. The summed E-state index contributed by atoms with van der Waals surface area (Å²) in [6.45, 7) is 0.776. The van der Waals surface area contributed by atoms with Gasteiger partial charge in [0.1, 0.15) is 5.76 Å². The molecule has 1 aromatic heterocycles. The second-order valence-corrected chi connectivity index (χ2v) is 6.84. The van der Waals surface area contributed by atoms with Crippen molar-refractivity contribution in [3.8, 4) is 0 Å². The van der Waals surface area contributed by atoms with E-state index >= 15 is 0 Å². The summed E-state index contributed by atoms with van der Waals surface area (Å²) in [7, 11) is 0. The van der Waals surface area contributed by atoms with Crippen LogP contribution >= 0.6 is 0 Å². The number of nitrogens with zero attached hydrogens (tertiary/aromatic N) is 1. The van der Waals surface area contributed by atoms with Crippen LogP contribution < -0.4 is 10.2 Å². The van der Waals surface area contributed by atoms with E-state index in [0.29, 0.717) is 12.8 Å². The van der Waals surface area contributed by atoms with Crippen molar-refractivity contribution in [3.63, 3.8) is 0 Å². The van der Waals surface area contributed by atoms with Crippen LogP contribution in [0.25, 0.3) is 0 Å². The minimum Gasteiger partial charge on any atom is -0.469 e. The fourth-order valence-electron chi connectivity index (χ4n) is 3.35. The zero-order valence-electron chi connectivity index (χ0n) is 14.2. The number of hydrogen-bond donors (Lipinski definition) is 1. The van der Waals surface area contributed by atoms with Crippen LogP contribution in [0.1, 0.15) is 37.0 Å². The molecule has 130 valence electrons. The molecule has 1 fully saturated rings. The average Bonchev–Trinajstić information content (AvgIpc) is 3.35. The molecule has 0 unspecified atom stereocenters. The standard InChI is InChI=1S/C20H22N2O3/c23-19(10-9-17-4-2-12-25-17)21-16-8-7-14-3-1-11-22(18(14)13-16)20(24)15-5-6-15/h2,4,7-8,12-13,15H,1,3,5-6,9-11H2,(H,21,23). The number of anilines is 2. The molecule has 2 heterocycles. The Kier molecular flexibility index (Phi) is 4.30. The maximum absolute atomic E-state index is 12.5. The van der Waals surface area contributed by atoms with Crippen LogP contribution in [0, 0.1) is 5.92 Å². The summed E-state index contributed by atoms with van der Waals surface area (Å²) in [5.41, 5.74) is 2.90. The minimum atomic E-state index is -0.0489. The molecular weight excluding hydrogens is 316 g/mol. The van der Waals surface area contributed by atoms with Gasteiger partial charge in [0, 0.05) is 36.7 Å². The number of aryl methyl sites for hydroxylation is 2. The zero-order chi connectivity index (χ0) is 17.2. The highest BCUT2D eigenvalue weighted by atomic mass is 16.3. The fourth-order valence-corrected chi connectivity index (χ4v) is 3.35. The van der Waals surface area contributed by atoms with Gasteiger partial charge in [0.15, 0.2) is 0 Å². The van der Waals surface area contributed by atoms with E-state index in [0.717, 1.165) is 49.4 Å². The van der Waals surface area contributed by atoms with Gasteiger partial charge >= 0.3 is 0 Å². The lowest BCUT2D eigenvalue weighted by Gasteiger charge is -2.30. The second kappa shape index (κ2) is 6.75. The Hall–Kier alpha value is -2.56. The molecule has 5 heteroatoms. The van der Waals surface area contributed by atoms with E-state index in [1.165, 1.54) is 5.56 Å². The number of furan rings is 1. The summed E-state index contributed by atoms with van der Waals surface area (Å²) < 4.78 is 5.25. The zero-order valence-corrected chi connectivity index (χ0v) is 14.2. The van der Waals surface area contributed by atoms with Gasteiger partial charge in [-0.1, -0.05) is 6.07 Å². The molecule has 2 amide bonds. The third-order valence-corrected chi connectivity index (χ3v) is 4.86. The topological polar surface area (TPSA) is 62.6 Å². The quantitative estimate of drug-likeness (QED) is 0.907. The Balaban J connectivity index is 1.45. The fraction of sp³-hybridized carbons (Fsp3) is 0.400. The van der Waals surface area contributed by atoms with Gasteiger partial charge in [-0.2, -0.15) is 0 Å². The largest absolute Gasteiger partial charge is 0.469 e. The maximum Gasteiger partial charge on any atom is 0.230 e. The number of carbonyl (C=O) groups is 2. The summed E-state index contributed by atoms with van der Waals surface area (Å²) in [4.78, 5) is 26.6. The van der Waals surface area contributed by atoms with Crippen molar-refractivity contribution in [1.82, 2.24) is 0 Å². The van der Waals surface area contributed by atoms with Gasteiger partial charge in [-0.15, -0.1) is 0 Å². The first-order valence-corrected chi connectivity index (χ1v) is 8.97. The Morgan fingerprint density at radius 2 is 2.12 bits per heavy atom. The van der Waals surface area contributed by atoms with Crippen molar-refractivity contribution < 1.29 is 14.0 Å². The Bertz CT molecular complexity index is 778. The van der Waals surface area contributed by atoms with E-state index in [2.05, 4.69) is 5.32 Å². The predicted molar refractivity (Wildman–Crippen MR) is 95.5 cm³/mol. The molecule has 1 aliphatic carbocycles. The highest BCUT2D eigenvalue weighted by molar-refractivity contribution is 5.99. The van der Waals surface area contributed by atoms with Crippen molar-refractivity contribution >= 4 is 23.2 Å².